The van der Waals surface area contributed by atoms with Gasteiger partial charge in [-0.2, -0.15) is 4.31 Å². The van der Waals surface area contributed by atoms with Crippen LogP contribution in [0.25, 0.3) is 0 Å². The summed E-state index contributed by atoms with van der Waals surface area (Å²) in [7, 11) is -3.48. The second-order valence-corrected chi connectivity index (χ2v) is 10.2. The van der Waals surface area contributed by atoms with E-state index in [9.17, 15) is 17.2 Å². The first-order valence-corrected chi connectivity index (χ1v) is 12.0. The van der Waals surface area contributed by atoms with Gasteiger partial charge in [-0.15, -0.1) is 11.3 Å². The minimum absolute atomic E-state index is 0.320. The van der Waals surface area contributed by atoms with Crippen molar-refractivity contribution < 1.29 is 22.0 Å². The highest BCUT2D eigenvalue weighted by Crippen LogP contribution is 2.28. The van der Waals surface area contributed by atoms with Gasteiger partial charge in [0.15, 0.2) is 6.10 Å². The van der Waals surface area contributed by atoms with E-state index in [4.69, 9.17) is 4.84 Å². The van der Waals surface area contributed by atoms with Gasteiger partial charge >= 0.3 is 0 Å². The summed E-state index contributed by atoms with van der Waals surface area (Å²) < 4.78 is 53.8. The molecule has 0 N–H and O–H groups in total. The van der Waals surface area contributed by atoms with Crippen LogP contribution in [0.2, 0.25) is 0 Å². The topological polar surface area (TPSA) is 59.0 Å². The summed E-state index contributed by atoms with van der Waals surface area (Å²) in [6, 6.07) is 15.0. The van der Waals surface area contributed by atoms with Gasteiger partial charge < -0.3 is 4.84 Å². The van der Waals surface area contributed by atoms with Gasteiger partial charge in [-0.1, -0.05) is 35.5 Å². The monoisotopic (exact) mass is 462 g/mol. The highest BCUT2D eigenvalue weighted by atomic mass is 32.2. The molecule has 2 heterocycles. The van der Waals surface area contributed by atoms with Crippen molar-refractivity contribution in [3.8, 4) is 0 Å². The smallest absolute Gasteiger partial charge is 0.252 e. The van der Waals surface area contributed by atoms with Crippen LogP contribution < -0.4 is 0 Å². The Morgan fingerprint density at radius 2 is 1.45 bits per heavy atom. The van der Waals surface area contributed by atoms with Gasteiger partial charge in [0.2, 0.25) is 0 Å². The zero-order valence-corrected chi connectivity index (χ0v) is 18.1. The molecule has 3 aromatic rings. The number of piperidine rings is 1. The van der Waals surface area contributed by atoms with E-state index in [0.29, 0.717) is 41.3 Å². The third-order valence-corrected chi connectivity index (χ3v) is 8.29. The maximum Gasteiger partial charge on any atom is 0.252 e. The van der Waals surface area contributed by atoms with Gasteiger partial charge in [-0.3, -0.25) is 0 Å². The molecule has 31 heavy (non-hydrogen) atoms. The Morgan fingerprint density at radius 3 is 1.94 bits per heavy atom. The first kappa shape index (κ1) is 21.6. The number of hydrogen-bond acceptors (Lipinski definition) is 5. The van der Waals surface area contributed by atoms with E-state index in [-0.39, 0.29) is 11.6 Å². The highest BCUT2D eigenvalue weighted by molar-refractivity contribution is 7.91. The molecule has 2 aromatic carbocycles. The number of thiophene rings is 1. The number of benzene rings is 2. The Balaban J connectivity index is 1.48. The third kappa shape index (κ3) is 5.00. The molecule has 162 valence electrons. The van der Waals surface area contributed by atoms with E-state index >= 15 is 0 Å². The van der Waals surface area contributed by atoms with Gasteiger partial charge in [0.25, 0.3) is 10.0 Å². The number of halogens is 2. The Labute approximate surface area is 183 Å². The summed E-state index contributed by atoms with van der Waals surface area (Å²) in [6.07, 6.45) is 0.260. The lowest BCUT2D eigenvalue weighted by Gasteiger charge is -2.26. The fourth-order valence-electron chi connectivity index (χ4n) is 3.33. The predicted molar refractivity (Wildman–Crippen MR) is 115 cm³/mol. The van der Waals surface area contributed by atoms with Crippen molar-refractivity contribution in [1.29, 1.82) is 0 Å². The van der Waals surface area contributed by atoms with Crippen LogP contribution in [0.4, 0.5) is 8.78 Å². The zero-order chi connectivity index (χ0) is 21.8. The Morgan fingerprint density at radius 1 is 0.903 bits per heavy atom. The molecular weight excluding hydrogens is 442 g/mol. The van der Waals surface area contributed by atoms with Crippen LogP contribution in [0.3, 0.4) is 0 Å². The Kier molecular flexibility index (Phi) is 6.45. The Hall–Kier alpha value is -2.62. The van der Waals surface area contributed by atoms with Crippen LogP contribution in [-0.4, -0.2) is 31.5 Å². The molecule has 1 saturated heterocycles. The molecule has 9 heteroatoms. The van der Waals surface area contributed by atoms with Crippen LogP contribution in [0.1, 0.15) is 30.1 Å². The average molecular weight is 463 g/mol. The van der Waals surface area contributed by atoms with E-state index in [0.717, 1.165) is 5.71 Å². The second kappa shape index (κ2) is 9.25. The van der Waals surface area contributed by atoms with Gasteiger partial charge in [-0.05, 0) is 46.8 Å². The molecule has 0 amide bonds. The molecule has 0 aliphatic carbocycles. The quantitative estimate of drug-likeness (QED) is 0.486. The maximum atomic E-state index is 13.3. The average Bonchev–Trinajstić information content (AvgIpc) is 3.32. The van der Waals surface area contributed by atoms with Crippen molar-refractivity contribution in [2.75, 3.05) is 13.1 Å². The minimum atomic E-state index is -3.48. The largest absolute Gasteiger partial charge is 0.383 e. The lowest BCUT2D eigenvalue weighted by atomic mass is 10.0. The standard InChI is InChI=1S/C22H20F2N2O3S2/c23-18-7-3-16(4-8-18)22(17-5-9-19(24)10-6-17)29-25-20-11-13-26(14-12-20)31(27,28)21-2-1-15-30-21/h1-10,15,22H,11-14H2. The minimum Gasteiger partial charge on any atom is -0.383 e. The van der Waals surface area contributed by atoms with Gasteiger partial charge in [-0.25, -0.2) is 17.2 Å². The number of oxime groups is 1. The lowest BCUT2D eigenvalue weighted by Crippen LogP contribution is -2.38. The van der Waals surface area contributed by atoms with E-state index in [1.807, 2.05) is 0 Å². The van der Waals surface area contributed by atoms with E-state index in [2.05, 4.69) is 5.16 Å². The maximum absolute atomic E-state index is 13.3. The highest BCUT2D eigenvalue weighted by Gasteiger charge is 2.29. The molecule has 1 aliphatic heterocycles. The summed E-state index contributed by atoms with van der Waals surface area (Å²) >= 11 is 1.20. The Bertz CT molecular complexity index is 1090. The molecule has 4 rings (SSSR count). The van der Waals surface area contributed by atoms with E-state index in [1.54, 1.807) is 41.8 Å². The molecule has 1 fully saturated rings. The second-order valence-electron chi connectivity index (χ2n) is 7.08. The van der Waals surface area contributed by atoms with Crippen molar-refractivity contribution >= 4 is 27.1 Å². The number of rotatable bonds is 6. The molecule has 0 bridgehead atoms. The molecular formula is C22H20F2N2O3S2. The molecule has 0 unspecified atom stereocenters. The van der Waals surface area contributed by atoms with Crippen LogP contribution in [0, 0.1) is 11.6 Å². The van der Waals surface area contributed by atoms with Crippen LogP contribution in [0.15, 0.2) is 75.4 Å². The number of sulfonamides is 1. The van der Waals surface area contributed by atoms with E-state index in [1.165, 1.54) is 39.9 Å². The number of hydrogen-bond donors (Lipinski definition) is 0. The van der Waals surface area contributed by atoms with Crippen molar-refractivity contribution in [2.45, 2.75) is 23.2 Å². The first-order chi connectivity index (χ1) is 14.9. The molecule has 0 radical (unpaired) electrons. The zero-order valence-electron chi connectivity index (χ0n) is 16.4. The summed E-state index contributed by atoms with van der Waals surface area (Å²) in [6.45, 7) is 0.639. The van der Waals surface area contributed by atoms with E-state index < -0.39 is 16.1 Å². The van der Waals surface area contributed by atoms with Crippen molar-refractivity contribution in [3.63, 3.8) is 0 Å². The van der Waals surface area contributed by atoms with Crippen LogP contribution in [0.5, 0.6) is 0 Å². The van der Waals surface area contributed by atoms with Crippen molar-refractivity contribution in [1.82, 2.24) is 4.31 Å². The van der Waals surface area contributed by atoms with Crippen LogP contribution in [-0.2, 0) is 14.9 Å². The summed E-state index contributed by atoms with van der Waals surface area (Å²) in [5.41, 5.74) is 2.09. The van der Waals surface area contributed by atoms with Crippen molar-refractivity contribution in [2.24, 2.45) is 5.16 Å². The summed E-state index contributed by atoms with van der Waals surface area (Å²) in [5, 5.41) is 6.01. The van der Waals surface area contributed by atoms with Gasteiger partial charge in [0.1, 0.15) is 15.8 Å². The molecule has 0 spiro atoms. The van der Waals surface area contributed by atoms with Gasteiger partial charge in [0.05, 0.1) is 5.71 Å². The molecule has 1 aliphatic rings. The predicted octanol–water partition coefficient (Wildman–Crippen LogP) is 4.97. The van der Waals surface area contributed by atoms with Crippen LogP contribution >= 0.6 is 11.3 Å². The first-order valence-electron chi connectivity index (χ1n) is 9.69. The number of nitrogens with zero attached hydrogens (tertiary/aromatic N) is 2. The summed E-state index contributed by atoms with van der Waals surface area (Å²) in [5.74, 6) is -0.737. The molecule has 0 saturated carbocycles. The fourth-order valence-corrected chi connectivity index (χ4v) is 5.92. The molecule has 0 atom stereocenters. The summed E-state index contributed by atoms with van der Waals surface area (Å²) in [4.78, 5) is 5.80. The molecule has 1 aromatic heterocycles. The lowest BCUT2D eigenvalue weighted by molar-refractivity contribution is 0.0855. The van der Waals surface area contributed by atoms with Gasteiger partial charge in [0, 0.05) is 25.9 Å². The third-order valence-electron chi connectivity index (χ3n) is 5.02. The van der Waals surface area contributed by atoms with Crippen molar-refractivity contribution in [3.05, 3.63) is 88.8 Å². The molecule has 5 nitrogen and oxygen atoms in total. The normalized spacial score (nSPS) is 15.3. The SMILES string of the molecule is O=S(=O)(c1cccs1)N1CCC(=NOC(c2ccc(F)cc2)c2ccc(F)cc2)CC1. The fraction of sp³-hybridized carbons (Fsp3) is 0.227.